The molecule has 0 saturated carbocycles. The fraction of sp³-hybridized carbons (Fsp3) is 0. The molecule has 0 unspecified atom stereocenters. The van der Waals surface area contributed by atoms with Crippen molar-refractivity contribution in [2.45, 2.75) is 0 Å². The Bertz CT molecular complexity index is 801. The molecule has 0 aliphatic heterocycles. The average molecular weight is 290 g/mol. The maximum atomic E-state index is 11.0. The standard InChI is InChI=1S/C18H10O4/c19-7-15-3-11-1-12-4-16(8-20)18(10-22)6-14(12)2-13(11)5-17(15)9-21/h1-10H. The molecule has 0 radical (unpaired) electrons. The minimum absolute atomic E-state index is 0.321. The summed E-state index contributed by atoms with van der Waals surface area (Å²) in [5, 5.41) is 3.15. The highest BCUT2D eigenvalue weighted by molar-refractivity contribution is 6.06. The molecule has 0 fully saturated rings. The molecule has 0 amide bonds. The summed E-state index contributed by atoms with van der Waals surface area (Å²) in [6.07, 6.45) is 2.55. The van der Waals surface area contributed by atoms with E-state index in [0.29, 0.717) is 47.4 Å². The molecule has 0 N–H and O–H groups in total. The van der Waals surface area contributed by atoms with E-state index in [4.69, 9.17) is 0 Å². The van der Waals surface area contributed by atoms with Gasteiger partial charge in [-0.1, -0.05) is 0 Å². The monoisotopic (exact) mass is 290 g/mol. The van der Waals surface area contributed by atoms with Gasteiger partial charge in [-0.25, -0.2) is 0 Å². The van der Waals surface area contributed by atoms with Crippen LogP contribution >= 0.6 is 0 Å². The van der Waals surface area contributed by atoms with Crippen molar-refractivity contribution in [1.29, 1.82) is 0 Å². The van der Waals surface area contributed by atoms with Crippen molar-refractivity contribution in [2.75, 3.05) is 0 Å². The van der Waals surface area contributed by atoms with Crippen molar-refractivity contribution in [2.24, 2.45) is 0 Å². The molecular weight excluding hydrogens is 280 g/mol. The number of fused-ring (bicyclic) bond motifs is 2. The van der Waals surface area contributed by atoms with Gasteiger partial charge in [0.05, 0.1) is 0 Å². The number of hydrogen-bond donors (Lipinski definition) is 0. The third kappa shape index (κ3) is 2.11. The number of rotatable bonds is 4. The first-order chi connectivity index (χ1) is 10.7. The summed E-state index contributed by atoms with van der Waals surface area (Å²) in [5.74, 6) is 0. The summed E-state index contributed by atoms with van der Waals surface area (Å²) < 4.78 is 0. The molecule has 0 spiro atoms. The lowest BCUT2D eigenvalue weighted by molar-refractivity contribution is 0.109. The highest BCUT2D eigenvalue weighted by atomic mass is 16.1. The van der Waals surface area contributed by atoms with Crippen LogP contribution in [0.1, 0.15) is 41.4 Å². The van der Waals surface area contributed by atoms with Gasteiger partial charge in [-0.2, -0.15) is 0 Å². The maximum Gasteiger partial charge on any atom is 0.150 e. The van der Waals surface area contributed by atoms with Crippen LogP contribution in [0.15, 0.2) is 36.4 Å². The predicted octanol–water partition coefficient (Wildman–Crippen LogP) is 3.24. The highest BCUT2D eigenvalue weighted by Gasteiger charge is 2.08. The molecule has 106 valence electrons. The Morgan fingerprint density at radius 1 is 0.409 bits per heavy atom. The number of benzene rings is 3. The van der Waals surface area contributed by atoms with Gasteiger partial charge in [-0.3, -0.25) is 19.2 Å². The number of carbonyl (C=O) groups excluding carboxylic acids is 4. The third-order valence-electron chi connectivity index (χ3n) is 3.71. The summed E-state index contributed by atoms with van der Waals surface area (Å²) in [5.41, 5.74) is 1.29. The largest absolute Gasteiger partial charge is 0.298 e. The van der Waals surface area contributed by atoms with E-state index in [2.05, 4.69) is 0 Å². The van der Waals surface area contributed by atoms with Gasteiger partial charge in [0.2, 0.25) is 0 Å². The van der Waals surface area contributed by atoms with Crippen LogP contribution in [-0.2, 0) is 0 Å². The fourth-order valence-electron chi connectivity index (χ4n) is 2.58. The van der Waals surface area contributed by atoms with Crippen LogP contribution < -0.4 is 0 Å². The van der Waals surface area contributed by atoms with Crippen LogP contribution in [0.5, 0.6) is 0 Å². The predicted molar refractivity (Wildman–Crippen MR) is 83.0 cm³/mol. The minimum Gasteiger partial charge on any atom is -0.298 e. The molecule has 4 heteroatoms. The molecule has 0 saturated heterocycles. The van der Waals surface area contributed by atoms with Crippen molar-refractivity contribution in [3.05, 3.63) is 58.7 Å². The first-order valence-corrected chi connectivity index (χ1v) is 6.56. The summed E-state index contributed by atoms with van der Waals surface area (Å²) in [6, 6.07) is 10.2. The van der Waals surface area contributed by atoms with Gasteiger partial charge in [0.1, 0.15) is 0 Å². The van der Waals surface area contributed by atoms with Crippen molar-refractivity contribution >= 4 is 46.7 Å². The molecule has 0 heterocycles. The van der Waals surface area contributed by atoms with Gasteiger partial charge < -0.3 is 0 Å². The Labute approximate surface area is 125 Å². The van der Waals surface area contributed by atoms with E-state index in [-0.39, 0.29) is 0 Å². The Morgan fingerprint density at radius 2 is 0.636 bits per heavy atom. The average Bonchev–Trinajstić information content (AvgIpc) is 2.57. The molecule has 0 aliphatic carbocycles. The van der Waals surface area contributed by atoms with Crippen LogP contribution in [0.4, 0.5) is 0 Å². The Morgan fingerprint density at radius 3 is 0.818 bits per heavy atom. The van der Waals surface area contributed by atoms with Crippen LogP contribution in [-0.4, -0.2) is 25.1 Å². The molecular formula is C18H10O4. The number of hydrogen-bond acceptors (Lipinski definition) is 4. The summed E-state index contributed by atoms with van der Waals surface area (Å²) in [4.78, 5) is 44.1. The van der Waals surface area contributed by atoms with E-state index in [1.165, 1.54) is 0 Å². The smallest absolute Gasteiger partial charge is 0.150 e. The summed E-state index contributed by atoms with van der Waals surface area (Å²) in [6.45, 7) is 0. The number of aldehydes is 4. The van der Waals surface area contributed by atoms with Gasteiger partial charge in [-0.05, 0) is 57.9 Å². The molecule has 3 aromatic carbocycles. The zero-order valence-electron chi connectivity index (χ0n) is 11.4. The number of carbonyl (C=O) groups is 4. The summed E-state index contributed by atoms with van der Waals surface area (Å²) in [7, 11) is 0. The van der Waals surface area contributed by atoms with Gasteiger partial charge in [0.25, 0.3) is 0 Å². The first kappa shape index (κ1) is 13.8. The second-order valence-corrected chi connectivity index (χ2v) is 4.98. The lowest BCUT2D eigenvalue weighted by Crippen LogP contribution is -1.93. The van der Waals surface area contributed by atoms with E-state index in [0.717, 1.165) is 21.5 Å². The lowest BCUT2D eigenvalue weighted by atomic mass is 9.96. The Hall–Kier alpha value is -3.14. The van der Waals surface area contributed by atoms with Crippen molar-refractivity contribution in [3.8, 4) is 0 Å². The van der Waals surface area contributed by atoms with E-state index < -0.39 is 0 Å². The molecule has 3 rings (SSSR count). The molecule has 22 heavy (non-hydrogen) atoms. The molecule has 0 atom stereocenters. The molecule has 4 nitrogen and oxygen atoms in total. The van der Waals surface area contributed by atoms with Crippen LogP contribution in [0.2, 0.25) is 0 Å². The lowest BCUT2D eigenvalue weighted by Gasteiger charge is -2.07. The molecule has 0 aliphatic rings. The molecule has 0 bridgehead atoms. The second kappa shape index (κ2) is 5.33. The van der Waals surface area contributed by atoms with E-state index in [1.807, 2.05) is 12.1 Å². The maximum absolute atomic E-state index is 11.0. The van der Waals surface area contributed by atoms with Gasteiger partial charge >= 0.3 is 0 Å². The van der Waals surface area contributed by atoms with Crippen molar-refractivity contribution < 1.29 is 19.2 Å². The third-order valence-corrected chi connectivity index (χ3v) is 3.71. The Kier molecular flexibility index (Phi) is 3.35. The highest BCUT2D eigenvalue weighted by Crippen LogP contribution is 2.27. The van der Waals surface area contributed by atoms with Crippen LogP contribution in [0.25, 0.3) is 21.5 Å². The molecule has 0 aromatic heterocycles. The quantitative estimate of drug-likeness (QED) is 0.546. The zero-order chi connectivity index (χ0) is 15.7. The van der Waals surface area contributed by atoms with Gasteiger partial charge in [-0.15, -0.1) is 0 Å². The van der Waals surface area contributed by atoms with E-state index in [9.17, 15) is 19.2 Å². The Balaban J connectivity index is 2.40. The normalized spacial score (nSPS) is 10.5. The van der Waals surface area contributed by atoms with Crippen molar-refractivity contribution in [3.63, 3.8) is 0 Å². The van der Waals surface area contributed by atoms with Crippen LogP contribution in [0, 0.1) is 0 Å². The summed E-state index contributed by atoms with van der Waals surface area (Å²) >= 11 is 0. The van der Waals surface area contributed by atoms with Crippen LogP contribution in [0.3, 0.4) is 0 Å². The van der Waals surface area contributed by atoms with Crippen molar-refractivity contribution in [1.82, 2.24) is 0 Å². The van der Waals surface area contributed by atoms with E-state index >= 15 is 0 Å². The van der Waals surface area contributed by atoms with E-state index in [1.54, 1.807) is 24.3 Å². The zero-order valence-corrected chi connectivity index (χ0v) is 11.4. The van der Waals surface area contributed by atoms with Gasteiger partial charge in [0.15, 0.2) is 25.1 Å². The molecule has 3 aromatic rings. The minimum atomic E-state index is 0.321. The second-order valence-electron chi connectivity index (χ2n) is 4.98. The SMILES string of the molecule is O=Cc1cc2cc3cc(C=O)c(C=O)cc3cc2cc1C=O. The fourth-order valence-corrected chi connectivity index (χ4v) is 2.58. The first-order valence-electron chi connectivity index (χ1n) is 6.56. The topological polar surface area (TPSA) is 68.3 Å². The van der Waals surface area contributed by atoms with Gasteiger partial charge in [0, 0.05) is 22.3 Å².